The number of nitrogens with zero attached hydrogens (tertiary/aromatic N) is 1. The van der Waals surface area contributed by atoms with Crippen LogP contribution in [0.3, 0.4) is 0 Å². The van der Waals surface area contributed by atoms with Crippen LogP contribution in [0, 0.1) is 10.1 Å². The number of hydrogen-bond donors (Lipinski definition) is 2. The Labute approximate surface area is 150 Å². The highest BCUT2D eigenvalue weighted by atomic mass is 32.2. The van der Waals surface area contributed by atoms with Crippen LogP contribution >= 0.6 is 0 Å². The smallest absolute Gasteiger partial charge is 0.271 e. The summed E-state index contributed by atoms with van der Waals surface area (Å²) < 4.78 is 31.9. The lowest BCUT2D eigenvalue weighted by atomic mass is 10.2. The van der Waals surface area contributed by atoms with Crippen molar-refractivity contribution in [2.75, 3.05) is 12.4 Å². The van der Waals surface area contributed by atoms with Crippen molar-refractivity contribution in [3.63, 3.8) is 0 Å². The lowest BCUT2D eigenvalue weighted by molar-refractivity contribution is -0.384. The minimum atomic E-state index is -3.92. The molecule has 0 heterocycles. The van der Waals surface area contributed by atoms with Gasteiger partial charge in [0.25, 0.3) is 5.69 Å². The van der Waals surface area contributed by atoms with Gasteiger partial charge >= 0.3 is 0 Å². The summed E-state index contributed by atoms with van der Waals surface area (Å²) in [7, 11) is -2.46. The predicted octanol–water partition coefficient (Wildman–Crippen LogP) is 1.91. The van der Waals surface area contributed by atoms with Gasteiger partial charge in [-0.3, -0.25) is 14.9 Å². The van der Waals surface area contributed by atoms with Crippen molar-refractivity contribution in [2.45, 2.75) is 17.9 Å². The molecule has 0 saturated carbocycles. The molecule has 10 heteroatoms. The number of nitrogens with one attached hydrogen (secondary N) is 2. The van der Waals surface area contributed by atoms with Crippen LogP contribution in [0.15, 0.2) is 53.4 Å². The molecule has 2 N–H and O–H groups in total. The summed E-state index contributed by atoms with van der Waals surface area (Å²) in [5, 5.41) is 13.2. The number of amides is 1. The van der Waals surface area contributed by atoms with E-state index in [-0.39, 0.29) is 16.3 Å². The van der Waals surface area contributed by atoms with Crippen LogP contribution in [-0.4, -0.2) is 32.4 Å². The zero-order chi connectivity index (χ0) is 19.3. The van der Waals surface area contributed by atoms with Crippen molar-refractivity contribution in [1.29, 1.82) is 0 Å². The summed E-state index contributed by atoms with van der Waals surface area (Å²) in [5.41, 5.74) is 0.00830. The number of rotatable bonds is 7. The summed E-state index contributed by atoms with van der Waals surface area (Å²) in [6.45, 7) is 1.37. The van der Waals surface area contributed by atoms with Crippen molar-refractivity contribution in [3.05, 3.63) is 58.6 Å². The first-order valence-corrected chi connectivity index (χ1v) is 8.93. The maximum absolute atomic E-state index is 12.3. The Balaban J connectivity index is 2.07. The molecule has 0 saturated heterocycles. The third-order valence-electron chi connectivity index (χ3n) is 3.42. The Kier molecular flexibility index (Phi) is 5.90. The quantitative estimate of drug-likeness (QED) is 0.559. The molecule has 0 spiro atoms. The SMILES string of the molecule is COc1ccc(S(=O)(=O)N[C@@H](C)C(=O)Nc2cccc([N+](=O)[O-])c2)cc1. The van der Waals surface area contributed by atoms with Crippen molar-refractivity contribution in [3.8, 4) is 5.75 Å². The highest BCUT2D eigenvalue weighted by molar-refractivity contribution is 7.89. The molecular formula is C16H17N3O6S. The Morgan fingerprint density at radius 2 is 1.85 bits per heavy atom. The van der Waals surface area contributed by atoms with E-state index in [1.54, 1.807) is 0 Å². The van der Waals surface area contributed by atoms with Gasteiger partial charge in [0, 0.05) is 17.8 Å². The van der Waals surface area contributed by atoms with E-state index in [1.807, 2.05) is 0 Å². The molecule has 0 aliphatic carbocycles. The molecule has 0 radical (unpaired) electrons. The largest absolute Gasteiger partial charge is 0.497 e. The molecule has 2 rings (SSSR count). The van der Waals surface area contributed by atoms with Crippen molar-refractivity contribution in [1.82, 2.24) is 4.72 Å². The Morgan fingerprint density at radius 3 is 2.42 bits per heavy atom. The number of carbonyl (C=O) groups excluding carboxylic acids is 1. The predicted molar refractivity (Wildman–Crippen MR) is 94.5 cm³/mol. The number of ether oxygens (including phenoxy) is 1. The van der Waals surface area contributed by atoms with Gasteiger partial charge < -0.3 is 10.1 Å². The van der Waals surface area contributed by atoms with Gasteiger partial charge in [0.2, 0.25) is 15.9 Å². The normalized spacial score (nSPS) is 12.2. The zero-order valence-electron chi connectivity index (χ0n) is 14.0. The first-order chi connectivity index (χ1) is 12.2. The summed E-state index contributed by atoms with van der Waals surface area (Å²) >= 11 is 0. The number of non-ortho nitro benzene ring substituents is 1. The lowest BCUT2D eigenvalue weighted by Gasteiger charge is -2.14. The fourth-order valence-corrected chi connectivity index (χ4v) is 3.26. The Hall–Kier alpha value is -2.98. The van der Waals surface area contributed by atoms with E-state index in [2.05, 4.69) is 10.0 Å². The summed E-state index contributed by atoms with van der Waals surface area (Å²) in [6.07, 6.45) is 0. The molecule has 9 nitrogen and oxygen atoms in total. The average molecular weight is 379 g/mol. The number of nitro groups is 1. The van der Waals surface area contributed by atoms with Gasteiger partial charge in [0.05, 0.1) is 23.0 Å². The third kappa shape index (κ3) is 4.77. The van der Waals surface area contributed by atoms with Crippen LogP contribution in [0.25, 0.3) is 0 Å². The molecule has 0 bridgehead atoms. The second-order valence-corrected chi connectivity index (χ2v) is 7.03. The van der Waals surface area contributed by atoms with E-state index in [1.165, 1.54) is 62.6 Å². The van der Waals surface area contributed by atoms with Crippen molar-refractivity contribution in [2.24, 2.45) is 0 Å². The van der Waals surface area contributed by atoms with Gasteiger partial charge in [0.15, 0.2) is 0 Å². The molecule has 2 aromatic carbocycles. The summed E-state index contributed by atoms with van der Waals surface area (Å²) in [6, 6.07) is 9.94. The number of methoxy groups -OCH3 is 1. The number of benzene rings is 2. The minimum absolute atomic E-state index is 0.0201. The highest BCUT2D eigenvalue weighted by Gasteiger charge is 2.22. The van der Waals surface area contributed by atoms with Crippen molar-refractivity contribution >= 4 is 27.3 Å². The average Bonchev–Trinajstić information content (AvgIpc) is 2.61. The van der Waals surface area contributed by atoms with Gasteiger partial charge in [-0.1, -0.05) is 6.07 Å². The van der Waals surface area contributed by atoms with Gasteiger partial charge in [-0.05, 0) is 37.3 Å². The molecule has 1 atom stereocenters. The molecule has 0 aliphatic heterocycles. The van der Waals surface area contributed by atoms with Gasteiger partial charge in [0.1, 0.15) is 5.75 Å². The van der Waals surface area contributed by atoms with Gasteiger partial charge in [-0.2, -0.15) is 4.72 Å². The van der Waals surface area contributed by atoms with E-state index in [9.17, 15) is 23.3 Å². The van der Waals surface area contributed by atoms with Crippen LogP contribution in [0.5, 0.6) is 5.75 Å². The third-order valence-corrected chi connectivity index (χ3v) is 4.98. The van der Waals surface area contributed by atoms with Crippen LogP contribution in [-0.2, 0) is 14.8 Å². The second-order valence-electron chi connectivity index (χ2n) is 5.32. The maximum Gasteiger partial charge on any atom is 0.271 e. The lowest BCUT2D eigenvalue weighted by Crippen LogP contribution is -2.41. The number of carbonyl (C=O) groups is 1. The van der Waals surface area contributed by atoms with Gasteiger partial charge in [-0.25, -0.2) is 8.42 Å². The summed E-state index contributed by atoms with van der Waals surface area (Å²) in [4.78, 5) is 22.3. The van der Waals surface area contributed by atoms with Crippen LogP contribution in [0.4, 0.5) is 11.4 Å². The standard InChI is InChI=1S/C16H17N3O6S/c1-11(16(20)17-12-4-3-5-13(10-12)19(21)22)18-26(23,24)15-8-6-14(25-2)7-9-15/h3-11,18H,1-2H3,(H,17,20)/t11-/m0/s1. The zero-order valence-corrected chi connectivity index (χ0v) is 14.8. The summed E-state index contributed by atoms with van der Waals surface area (Å²) in [5.74, 6) is -0.150. The molecule has 138 valence electrons. The van der Waals surface area contributed by atoms with Crippen molar-refractivity contribution < 1.29 is 22.9 Å². The van der Waals surface area contributed by atoms with Crippen LogP contribution in [0.1, 0.15) is 6.92 Å². The van der Waals surface area contributed by atoms with E-state index < -0.39 is 26.9 Å². The van der Waals surface area contributed by atoms with E-state index >= 15 is 0 Å². The molecule has 26 heavy (non-hydrogen) atoms. The fraction of sp³-hybridized carbons (Fsp3) is 0.188. The van der Waals surface area contributed by atoms with Crippen LogP contribution < -0.4 is 14.8 Å². The Bertz CT molecular complexity index is 912. The molecule has 1 amide bonds. The molecule has 2 aromatic rings. The maximum atomic E-state index is 12.3. The van der Waals surface area contributed by atoms with E-state index in [0.717, 1.165) is 0 Å². The number of nitro benzene ring substituents is 1. The Morgan fingerprint density at radius 1 is 1.19 bits per heavy atom. The van der Waals surface area contributed by atoms with Crippen LogP contribution in [0.2, 0.25) is 0 Å². The first kappa shape index (κ1) is 19.3. The molecule has 0 aromatic heterocycles. The molecule has 0 fully saturated rings. The number of anilines is 1. The topological polar surface area (TPSA) is 128 Å². The van der Waals surface area contributed by atoms with E-state index in [0.29, 0.717) is 5.75 Å². The molecule has 0 unspecified atom stereocenters. The van der Waals surface area contributed by atoms with Gasteiger partial charge in [-0.15, -0.1) is 0 Å². The monoisotopic (exact) mass is 379 g/mol. The van der Waals surface area contributed by atoms with E-state index in [4.69, 9.17) is 4.74 Å². The minimum Gasteiger partial charge on any atom is -0.497 e. The molecule has 0 aliphatic rings. The second kappa shape index (κ2) is 7.93. The number of hydrogen-bond acceptors (Lipinski definition) is 6. The fourth-order valence-electron chi connectivity index (χ4n) is 2.06. The first-order valence-electron chi connectivity index (χ1n) is 7.44. The molecular weight excluding hydrogens is 362 g/mol. The highest BCUT2D eigenvalue weighted by Crippen LogP contribution is 2.18. The number of sulfonamides is 1.